The molecule has 0 aliphatic rings. The van der Waals surface area contributed by atoms with Crippen molar-refractivity contribution in [3.05, 3.63) is 29.8 Å². The molecule has 0 aliphatic heterocycles. The lowest BCUT2D eigenvalue weighted by Gasteiger charge is -2.21. The molecule has 0 saturated heterocycles. The summed E-state index contributed by atoms with van der Waals surface area (Å²) < 4.78 is 10.2. The summed E-state index contributed by atoms with van der Waals surface area (Å²) in [5, 5.41) is 11.6. The van der Waals surface area contributed by atoms with Gasteiger partial charge in [0.2, 0.25) is 0 Å². The summed E-state index contributed by atoms with van der Waals surface area (Å²) in [4.78, 5) is 22.9. The highest BCUT2D eigenvalue weighted by atomic mass is 32.2. The maximum atomic E-state index is 11.7. The monoisotopic (exact) mass is 369 g/mol. The van der Waals surface area contributed by atoms with Gasteiger partial charge in [-0.05, 0) is 62.8 Å². The predicted molar refractivity (Wildman–Crippen MR) is 99.4 cm³/mol. The van der Waals surface area contributed by atoms with Gasteiger partial charge in [-0.15, -0.1) is 0 Å². The normalized spacial score (nSPS) is 12.3. The van der Waals surface area contributed by atoms with Crippen LogP contribution in [0.25, 0.3) is 0 Å². The van der Waals surface area contributed by atoms with Crippen molar-refractivity contribution in [3.8, 4) is 5.75 Å². The molecule has 1 aromatic carbocycles. The molecular weight excluding hydrogens is 342 g/mol. The van der Waals surface area contributed by atoms with Crippen LogP contribution in [0.1, 0.15) is 32.8 Å². The molecule has 1 unspecified atom stereocenters. The van der Waals surface area contributed by atoms with Crippen molar-refractivity contribution in [2.24, 2.45) is 0 Å². The Bertz CT molecular complexity index is 554. The number of carbonyl (C=O) groups is 2. The third-order valence-electron chi connectivity index (χ3n) is 3.23. The van der Waals surface area contributed by atoms with Gasteiger partial charge in [-0.2, -0.15) is 11.8 Å². The van der Waals surface area contributed by atoms with Crippen LogP contribution < -0.4 is 10.1 Å². The standard InChI is InChI=1S/C18H27NO5S/c1-18(2,3)24-17(22)19-15(16(20)21)10-12-25-11-9-13-5-7-14(23-4)8-6-13/h5-8,15H,9-12H2,1-4H3,(H,19,22)(H,20,21). The maximum absolute atomic E-state index is 11.7. The Hall–Kier alpha value is -1.89. The van der Waals surface area contributed by atoms with E-state index in [1.54, 1.807) is 39.6 Å². The summed E-state index contributed by atoms with van der Waals surface area (Å²) in [6.45, 7) is 5.20. The highest BCUT2D eigenvalue weighted by molar-refractivity contribution is 7.99. The highest BCUT2D eigenvalue weighted by Crippen LogP contribution is 2.14. The molecule has 1 rings (SSSR count). The average Bonchev–Trinajstić information content (AvgIpc) is 2.52. The van der Waals surface area contributed by atoms with Gasteiger partial charge in [0.25, 0.3) is 0 Å². The van der Waals surface area contributed by atoms with Crippen molar-refractivity contribution in [3.63, 3.8) is 0 Å². The van der Waals surface area contributed by atoms with Crippen LogP contribution in [0.4, 0.5) is 4.79 Å². The third-order valence-corrected chi connectivity index (χ3v) is 4.25. The third kappa shape index (κ3) is 9.24. The molecule has 0 bridgehead atoms. The SMILES string of the molecule is COc1ccc(CCSCCC(NC(=O)OC(C)(C)C)C(=O)O)cc1. The Morgan fingerprint density at radius 3 is 2.36 bits per heavy atom. The number of aliphatic carboxylic acids is 1. The first-order valence-corrected chi connectivity index (χ1v) is 9.30. The first kappa shape index (κ1) is 21.2. The molecule has 0 aliphatic carbocycles. The van der Waals surface area contributed by atoms with Crippen molar-refractivity contribution in [2.45, 2.75) is 45.3 Å². The molecule has 0 aromatic heterocycles. The van der Waals surface area contributed by atoms with E-state index in [9.17, 15) is 14.7 Å². The number of hydrogen-bond acceptors (Lipinski definition) is 5. The van der Waals surface area contributed by atoms with E-state index < -0.39 is 23.7 Å². The second-order valence-corrected chi connectivity index (χ2v) is 7.76. The molecule has 0 heterocycles. The van der Waals surface area contributed by atoms with E-state index in [0.717, 1.165) is 17.9 Å². The molecule has 140 valence electrons. The van der Waals surface area contributed by atoms with E-state index in [4.69, 9.17) is 9.47 Å². The summed E-state index contributed by atoms with van der Waals surface area (Å²) in [7, 11) is 1.63. The van der Waals surface area contributed by atoms with Gasteiger partial charge in [-0.1, -0.05) is 12.1 Å². The number of nitrogens with one attached hydrogen (secondary N) is 1. The average molecular weight is 369 g/mol. The number of methoxy groups -OCH3 is 1. The van der Waals surface area contributed by atoms with Crippen molar-refractivity contribution < 1.29 is 24.2 Å². The zero-order chi connectivity index (χ0) is 18.9. The molecule has 0 saturated carbocycles. The topological polar surface area (TPSA) is 84.9 Å². The van der Waals surface area contributed by atoms with Crippen molar-refractivity contribution >= 4 is 23.8 Å². The minimum Gasteiger partial charge on any atom is -0.497 e. The van der Waals surface area contributed by atoms with Crippen LogP contribution in [0.5, 0.6) is 5.75 Å². The number of carbonyl (C=O) groups excluding carboxylic acids is 1. The molecule has 6 nitrogen and oxygen atoms in total. The Morgan fingerprint density at radius 2 is 1.84 bits per heavy atom. The number of alkyl carbamates (subject to hydrolysis) is 1. The van der Waals surface area contributed by atoms with Gasteiger partial charge in [0.1, 0.15) is 17.4 Å². The fourth-order valence-corrected chi connectivity index (χ4v) is 2.98. The lowest BCUT2D eigenvalue weighted by Crippen LogP contribution is -2.43. The number of carboxylic acids is 1. The summed E-state index contributed by atoms with van der Waals surface area (Å²) >= 11 is 1.66. The van der Waals surface area contributed by atoms with Crippen molar-refractivity contribution in [1.82, 2.24) is 5.32 Å². The van der Waals surface area contributed by atoms with E-state index in [1.807, 2.05) is 24.3 Å². The number of hydrogen-bond donors (Lipinski definition) is 2. The first-order valence-electron chi connectivity index (χ1n) is 8.14. The van der Waals surface area contributed by atoms with Gasteiger partial charge in [-0.25, -0.2) is 9.59 Å². The minimum absolute atomic E-state index is 0.349. The number of carboxylic acid groups (broad SMARTS) is 1. The van der Waals surface area contributed by atoms with E-state index in [1.165, 1.54) is 5.56 Å². The van der Waals surface area contributed by atoms with Gasteiger partial charge in [-0.3, -0.25) is 0 Å². The Labute approximate surface area is 153 Å². The van der Waals surface area contributed by atoms with Crippen LogP contribution in [0, 0.1) is 0 Å². The van der Waals surface area contributed by atoms with Crippen molar-refractivity contribution in [1.29, 1.82) is 0 Å². The lowest BCUT2D eigenvalue weighted by atomic mass is 10.2. The Morgan fingerprint density at radius 1 is 1.20 bits per heavy atom. The van der Waals surface area contributed by atoms with Gasteiger partial charge < -0.3 is 19.9 Å². The number of amides is 1. The largest absolute Gasteiger partial charge is 0.497 e. The quantitative estimate of drug-likeness (QED) is 0.650. The number of aryl methyl sites for hydroxylation is 1. The van der Waals surface area contributed by atoms with E-state index in [0.29, 0.717) is 12.2 Å². The molecule has 0 radical (unpaired) electrons. The molecule has 25 heavy (non-hydrogen) atoms. The van der Waals surface area contributed by atoms with Gasteiger partial charge >= 0.3 is 12.1 Å². The summed E-state index contributed by atoms with van der Waals surface area (Å²) in [6.07, 6.45) is 0.538. The lowest BCUT2D eigenvalue weighted by molar-refractivity contribution is -0.139. The Kier molecular flexibility index (Phi) is 8.61. The molecule has 1 atom stereocenters. The fraction of sp³-hybridized carbons (Fsp3) is 0.556. The minimum atomic E-state index is -1.05. The molecule has 0 spiro atoms. The summed E-state index contributed by atoms with van der Waals surface area (Å²) in [5.74, 6) is 1.30. The van der Waals surface area contributed by atoms with E-state index in [-0.39, 0.29) is 0 Å². The molecular formula is C18H27NO5S. The zero-order valence-corrected chi connectivity index (χ0v) is 16.0. The van der Waals surface area contributed by atoms with Crippen LogP contribution in [0.3, 0.4) is 0 Å². The smallest absolute Gasteiger partial charge is 0.408 e. The molecule has 7 heteroatoms. The van der Waals surface area contributed by atoms with Crippen LogP contribution in [0.2, 0.25) is 0 Å². The van der Waals surface area contributed by atoms with Crippen LogP contribution in [-0.4, -0.2) is 47.4 Å². The zero-order valence-electron chi connectivity index (χ0n) is 15.2. The fourth-order valence-electron chi connectivity index (χ4n) is 1.99. The summed E-state index contributed by atoms with van der Waals surface area (Å²) in [5.41, 5.74) is 0.551. The Balaban J connectivity index is 2.30. The number of benzene rings is 1. The molecule has 2 N–H and O–H groups in total. The number of ether oxygens (including phenoxy) is 2. The van der Waals surface area contributed by atoms with Crippen LogP contribution in [-0.2, 0) is 16.0 Å². The van der Waals surface area contributed by atoms with Crippen molar-refractivity contribution in [2.75, 3.05) is 18.6 Å². The van der Waals surface area contributed by atoms with Gasteiger partial charge in [0, 0.05) is 0 Å². The van der Waals surface area contributed by atoms with Gasteiger partial charge in [0.05, 0.1) is 7.11 Å². The highest BCUT2D eigenvalue weighted by Gasteiger charge is 2.23. The summed E-state index contributed by atoms with van der Waals surface area (Å²) in [6, 6.07) is 6.94. The number of thioether (sulfide) groups is 1. The number of rotatable bonds is 9. The second-order valence-electron chi connectivity index (χ2n) is 6.54. The van der Waals surface area contributed by atoms with E-state index >= 15 is 0 Å². The van der Waals surface area contributed by atoms with Crippen LogP contribution in [0.15, 0.2) is 24.3 Å². The van der Waals surface area contributed by atoms with E-state index in [2.05, 4.69) is 5.32 Å². The first-order chi connectivity index (χ1) is 11.7. The van der Waals surface area contributed by atoms with Crippen LogP contribution >= 0.6 is 11.8 Å². The second kappa shape index (κ2) is 10.2. The molecule has 1 amide bonds. The maximum Gasteiger partial charge on any atom is 0.408 e. The predicted octanol–water partition coefficient (Wildman–Crippen LogP) is 3.34. The molecule has 1 aromatic rings. The molecule has 0 fully saturated rings. The van der Waals surface area contributed by atoms with Gasteiger partial charge in [0.15, 0.2) is 0 Å².